The highest BCUT2D eigenvalue weighted by molar-refractivity contribution is 5.92. The minimum Gasteiger partial charge on any atom is -0.497 e. The Labute approximate surface area is 76.3 Å². The molecule has 1 rings (SSSR count). The van der Waals surface area contributed by atoms with E-state index < -0.39 is 5.97 Å². The molecule has 0 aliphatic rings. The zero-order valence-electron chi connectivity index (χ0n) is 7.28. The SMILES string of the molecule is C=Cc1cc(OC)ccc1C(=O)O. The Kier molecular flexibility index (Phi) is 2.69. The van der Waals surface area contributed by atoms with Crippen LogP contribution in [0.5, 0.6) is 5.75 Å². The number of carbonyl (C=O) groups is 1. The van der Waals surface area contributed by atoms with Gasteiger partial charge in [0.2, 0.25) is 0 Å². The second kappa shape index (κ2) is 3.76. The van der Waals surface area contributed by atoms with E-state index in [0.29, 0.717) is 11.3 Å². The van der Waals surface area contributed by atoms with Gasteiger partial charge in [-0.05, 0) is 23.8 Å². The lowest BCUT2D eigenvalue weighted by molar-refractivity contribution is 0.0696. The highest BCUT2D eigenvalue weighted by atomic mass is 16.5. The van der Waals surface area contributed by atoms with E-state index in [-0.39, 0.29) is 5.56 Å². The van der Waals surface area contributed by atoms with Crippen LogP contribution >= 0.6 is 0 Å². The maximum Gasteiger partial charge on any atom is 0.336 e. The fourth-order valence-electron chi connectivity index (χ4n) is 1.03. The molecule has 0 aliphatic heterocycles. The Morgan fingerprint density at radius 1 is 1.62 bits per heavy atom. The standard InChI is InChI=1S/C10H10O3/c1-3-7-6-8(13-2)4-5-9(7)10(11)12/h3-6H,1H2,2H3,(H,11,12). The Morgan fingerprint density at radius 3 is 2.77 bits per heavy atom. The van der Waals surface area contributed by atoms with Gasteiger partial charge in [-0.15, -0.1) is 0 Å². The van der Waals surface area contributed by atoms with Gasteiger partial charge >= 0.3 is 5.97 Å². The van der Waals surface area contributed by atoms with Gasteiger partial charge in [0.05, 0.1) is 12.7 Å². The van der Waals surface area contributed by atoms with Gasteiger partial charge in [0.15, 0.2) is 0 Å². The highest BCUT2D eigenvalue weighted by Gasteiger charge is 2.07. The van der Waals surface area contributed by atoms with Crippen LogP contribution in [0, 0.1) is 0 Å². The molecule has 13 heavy (non-hydrogen) atoms. The Hall–Kier alpha value is -1.77. The van der Waals surface area contributed by atoms with Gasteiger partial charge < -0.3 is 9.84 Å². The molecule has 0 fully saturated rings. The van der Waals surface area contributed by atoms with Gasteiger partial charge in [0.1, 0.15) is 5.75 Å². The minimum atomic E-state index is -0.961. The molecule has 0 radical (unpaired) electrons. The number of ether oxygens (including phenoxy) is 1. The van der Waals surface area contributed by atoms with E-state index in [9.17, 15) is 4.79 Å². The average Bonchev–Trinajstić information content (AvgIpc) is 2.16. The van der Waals surface area contributed by atoms with Crippen LogP contribution in [0.1, 0.15) is 15.9 Å². The molecule has 3 heteroatoms. The lowest BCUT2D eigenvalue weighted by atomic mass is 10.1. The van der Waals surface area contributed by atoms with Crippen molar-refractivity contribution in [2.24, 2.45) is 0 Å². The van der Waals surface area contributed by atoms with E-state index in [4.69, 9.17) is 9.84 Å². The summed E-state index contributed by atoms with van der Waals surface area (Å²) in [5.74, 6) is -0.336. The summed E-state index contributed by atoms with van der Waals surface area (Å²) in [6.07, 6.45) is 1.49. The monoisotopic (exact) mass is 178 g/mol. The molecule has 0 atom stereocenters. The van der Waals surface area contributed by atoms with Crippen molar-refractivity contribution in [2.45, 2.75) is 0 Å². The van der Waals surface area contributed by atoms with Crippen LogP contribution < -0.4 is 4.74 Å². The molecule has 1 aromatic rings. The summed E-state index contributed by atoms with van der Waals surface area (Å²) in [4.78, 5) is 10.7. The fraction of sp³-hybridized carbons (Fsp3) is 0.100. The van der Waals surface area contributed by atoms with Crippen molar-refractivity contribution in [1.29, 1.82) is 0 Å². The summed E-state index contributed by atoms with van der Waals surface area (Å²) in [7, 11) is 1.53. The third kappa shape index (κ3) is 1.87. The molecule has 0 bridgehead atoms. The van der Waals surface area contributed by atoms with Crippen molar-refractivity contribution in [1.82, 2.24) is 0 Å². The van der Waals surface area contributed by atoms with Crippen molar-refractivity contribution in [3.05, 3.63) is 35.9 Å². The summed E-state index contributed by atoms with van der Waals surface area (Å²) in [6.45, 7) is 3.53. The van der Waals surface area contributed by atoms with Crippen molar-refractivity contribution in [2.75, 3.05) is 7.11 Å². The van der Waals surface area contributed by atoms with Gasteiger partial charge in [-0.25, -0.2) is 4.79 Å². The van der Waals surface area contributed by atoms with Crippen LogP contribution in [0.15, 0.2) is 24.8 Å². The number of hydrogen-bond donors (Lipinski definition) is 1. The minimum absolute atomic E-state index is 0.232. The first-order valence-electron chi connectivity index (χ1n) is 3.73. The van der Waals surface area contributed by atoms with Gasteiger partial charge in [-0.1, -0.05) is 12.7 Å². The predicted octanol–water partition coefficient (Wildman–Crippen LogP) is 2.04. The highest BCUT2D eigenvalue weighted by Crippen LogP contribution is 2.18. The largest absolute Gasteiger partial charge is 0.497 e. The lowest BCUT2D eigenvalue weighted by Gasteiger charge is -2.03. The first-order chi connectivity index (χ1) is 6.19. The second-order valence-electron chi connectivity index (χ2n) is 2.46. The molecule has 0 saturated heterocycles. The number of benzene rings is 1. The molecule has 0 amide bonds. The average molecular weight is 178 g/mol. The third-order valence-corrected chi connectivity index (χ3v) is 1.71. The van der Waals surface area contributed by atoms with Crippen LogP contribution in [0.4, 0.5) is 0 Å². The van der Waals surface area contributed by atoms with E-state index in [0.717, 1.165) is 0 Å². The van der Waals surface area contributed by atoms with Crippen LogP contribution in [0.3, 0.4) is 0 Å². The Balaban J connectivity index is 3.23. The number of hydrogen-bond acceptors (Lipinski definition) is 2. The molecule has 3 nitrogen and oxygen atoms in total. The lowest BCUT2D eigenvalue weighted by Crippen LogP contribution is -1.99. The Morgan fingerprint density at radius 2 is 2.31 bits per heavy atom. The van der Waals surface area contributed by atoms with Crippen molar-refractivity contribution >= 4 is 12.0 Å². The zero-order chi connectivity index (χ0) is 9.84. The van der Waals surface area contributed by atoms with Gasteiger partial charge in [-0.3, -0.25) is 0 Å². The molecular weight excluding hydrogens is 168 g/mol. The molecule has 1 N–H and O–H groups in total. The summed E-state index contributed by atoms with van der Waals surface area (Å²) >= 11 is 0. The maximum atomic E-state index is 10.7. The molecule has 0 aliphatic carbocycles. The van der Waals surface area contributed by atoms with Crippen molar-refractivity contribution in [3.63, 3.8) is 0 Å². The predicted molar refractivity (Wildman–Crippen MR) is 50.0 cm³/mol. The summed E-state index contributed by atoms with van der Waals surface area (Å²) in [5, 5.41) is 8.77. The maximum absolute atomic E-state index is 10.7. The molecule has 0 spiro atoms. The van der Waals surface area contributed by atoms with Crippen LogP contribution in [-0.2, 0) is 0 Å². The number of rotatable bonds is 3. The molecule has 0 saturated carbocycles. The van der Waals surface area contributed by atoms with Gasteiger partial charge in [0.25, 0.3) is 0 Å². The molecular formula is C10H10O3. The van der Waals surface area contributed by atoms with E-state index >= 15 is 0 Å². The fourth-order valence-corrected chi connectivity index (χ4v) is 1.03. The van der Waals surface area contributed by atoms with E-state index in [1.165, 1.54) is 19.3 Å². The van der Waals surface area contributed by atoms with Crippen molar-refractivity contribution < 1.29 is 14.6 Å². The number of aromatic carboxylic acids is 1. The van der Waals surface area contributed by atoms with Crippen molar-refractivity contribution in [3.8, 4) is 5.75 Å². The first-order valence-corrected chi connectivity index (χ1v) is 3.73. The van der Waals surface area contributed by atoms with Crippen LogP contribution in [0.2, 0.25) is 0 Å². The Bertz CT molecular complexity index is 342. The summed E-state index contributed by atoms with van der Waals surface area (Å²) < 4.78 is 4.95. The number of carboxylic acids is 1. The smallest absolute Gasteiger partial charge is 0.336 e. The van der Waals surface area contributed by atoms with Crippen LogP contribution in [-0.4, -0.2) is 18.2 Å². The third-order valence-electron chi connectivity index (χ3n) is 1.71. The topological polar surface area (TPSA) is 46.5 Å². The quantitative estimate of drug-likeness (QED) is 0.770. The van der Waals surface area contributed by atoms with E-state index in [1.807, 2.05) is 0 Å². The molecule has 0 aromatic heterocycles. The summed E-state index contributed by atoms with van der Waals surface area (Å²) in [5.41, 5.74) is 0.794. The molecule has 0 unspecified atom stereocenters. The normalized spacial score (nSPS) is 9.31. The van der Waals surface area contributed by atoms with Gasteiger partial charge in [0, 0.05) is 0 Å². The number of methoxy groups -OCH3 is 1. The summed E-state index contributed by atoms with van der Waals surface area (Å²) in [6, 6.07) is 4.74. The second-order valence-corrected chi connectivity index (χ2v) is 2.46. The molecule has 68 valence electrons. The zero-order valence-corrected chi connectivity index (χ0v) is 7.28. The number of carboxylic acid groups (broad SMARTS) is 1. The van der Waals surface area contributed by atoms with Crippen LogP contribution in [0.25, 0.3) is 6.08 Å². The van der Waals surface area contributed by atoms with E-state index in [2.05, 4.69) is 6.58 Å². The van der Waals surface area contributed by atoms with E-state index in [1.54, 1.807) is 12.1 Å². The van der Waals surface area contributed by atoms with Gasteiger partial charge in [-0.2, -0.15) is 0 Å². The first kappa shape index (κ1) is 9.32. The molecule has 0 heterocycles. The molecule has 1 aromatic carbocycles.